The number of aryl methyl sites for hydroxylation is 4. The predicted octanol–water partition coefficient (Wildman–Crippen LogP) is 5.71. The molecular formula is C24H30ClN3OS. The van der Waals surface area contributed by atoms with Gasteiger partial charge in [-0.2, -0.15) is 0 Å². The van der Waals surface area contributed by atoms with Gasteiger partial charge in [-0.05, 0) is 89.1 Å². The predicted molar refractivity (Wildman–Crippen MR) is 129 cm³/mol. The molecule has 0 fully saturated rings. The number of fused-ring (bicyclic) bond motifs is 1. The van der Waals surface area contributed by atoms with Gasteiger partial charge in [-0.15, -0.1) is 0 Å². The van der Waals surface area contributed by atoms with Crippen LogP contribution in [0, 0.1) is 27.7 Å². The zero-order valence-corrected chi connectivity index (χ0v) is 20.2. The number of thiazole rings is 1. The fourth-order valence-corrected chi connectivity index (χ4v) is 5.03. The van der Waals surface area contributed by atoms with Crippen LogP contribution in [0.15, 0.2) is 24.3 Å². The Labute approximate surface area is 188 Å². The third-order valence-corrected chi connectivity index (χ3v) is 6.88. The van der Waals surface area contributed by atoms with Crippen molar-refractivity contribution in [2.45, 2.75) is 40.5 Å². The van der Waals surface area contributed by atoms with Crippen molar-refractivity contribution in [2.75, 3.05) is 32.1 Å². The molecule has 3 rings (SSSR count). The van der Waals surface area contributed by atoms with Crippen LogP contribution in [0.5, 0.6) is 0 Å². The molecule has 1 amide bonds. The van der Waals surface area contributed by atoms with Gasteiger partial charge in [0.25, 0.3) is 0 Å². The van der Waals surface area contributed by atoms with Crippen LogP contribution in [0.25, 0.3) is 10.2 Å². The maximum atomic E-state index is 13.5. The summed E-state index contributed by atoms with van der Waals surface area (Å²) in [6.45, 7) is 9.80. The normalized spacial score (nSPS) is 11.5. The second kappa shape index (κ2) is 9.46. The van der Waals surface area contributed by atoms with Gasteiger partial charge in [0.15, 0.2) is 5.13 Å². The number of amides is 1. The van der Waals surface area contributed by atoms with Crippen LogP contribution in [-0.4, -0.2) is 43.0 Å². The Morgan fingerprint density at radius 2 is 1.73 bits per heavy atom. The number of halogens is 1. The summed E-state index contributed by atoms with van der Waals surface area (Å²) in [6.07, 6.45) is 1.27. The molecule has 0 atom stereocenters. The van der Waals surface area contributed by atoms with E-state index in [2.05, 4.69) is 37.8 Å². The summed E-state index contributed by atoms with van der Waals surface area (Å²) in [5.41, 5.74) is 6.52. The van der Waals surface area contributed by atoms with Crippen molar-refractivity contribution in [3.63, 3.8) is 0 Å². The Morgan fingerprint density at radius 3 is 2.37 bits per heavy atom. The average Bonchev–Trinajstić information content (AvgIpc) is 3.09. The molecule has 1 heterocycles. The number of rotatable bonds is 7. The van der Waals surface area contributed by atoms with Crippen LogP contribution in [0.1, 0.15) is 34.2 Å². The highest BCUT2D eigenvalue weighted by molar-refractivity contribution is 7.22. The summed E-state index contributed by atoms with van der Waals surface area (Å²) in [7, 11) is 4.10. The molecule has 0 N–H and O–H groups in total. The van der Waals surface area contributed by atoms with E-state index in [1.807, 2.05) is 38.1 Å². The molecule has 1 aromatic heterocycles. The maximum Gasteiger partial charge on any atom is 0.233 e. The van der Waals surface area contributed by atoms with Crippen LogP contribution in [-0.2, 0) is 11.2 Å². The summed E-state index contributed by atoms with van der Waals surface area (Å²) in [5, 5.41) is 1.46. The average molecular weight is 444 g/mol. The molecule has 0 aliphatic rings. The van der Waals surface area contributed by atoms with Crippen LogP contribution in [0.4, 0.5) is 5.13 Å². The standard InChI is InChI=1S/C24H30ClN3OS/c1-15-12-16(2)19(17(3)13-15)14-22(29)28(11-7-10-27(5)6)24-26-23-18(4)20(25)8-9-21(23)30-24/h8-9,12-13H,7,10-11,14H2,1-6H3. The second-order valence-corrected chi connectivity index (χ2v) is 9.69. The van der Waals surface area contributed by atoms with E-state index in [1.54, 1.807) is 11.3 Å². The molecule has 160 valence electrons. The molecule has 0 radical (unpaired) electrons. The van der Waals surface area contributed by atoms with Crippen LogP contribution in [0.2, 0.25) is 5.02 Å². The number of hydrogen-bond donors (Lipinski definition) is 0. The zero-order chi connectivity index (χ0) is 22.0. The van der Waals surface area contributed by atoms with E-state index in [0.29, 0.717) is 18.0 Å². The van der Waals surface area contributed by atoms with Crippen molar-refractivity contribution in [3.8, 4) is 0 Å². The Hall–Kier alpha value is -1.95. The summed E-state index contributed by atoms with van der Waals surface area (Å²) in [6, 6.07) is 8.19. The van der Waals surface area contributed by atoms with E-state index in [-0.39, 0.29) is 5.91 Å². The summed E-state index contributed by atoms with van der Waals surface area (Å²) >= 11 is 7.85. The molecule has 0 bridgehead atoms. The number of carbonyl (C=O) groups excluding carboxylic acids is 1. The molecule has 3 aromatic rings. The molecule has 0 saturated carbocycles. The van der Waals surface area contributed by atoms with Crippen molar-refractivity contribution < 1.29 is 4.79 Å². The summed E-state index contributed by atoms with van der Waals surface area (Å²) < 4.78 is 1.06. The molecule has 0 spiro atoms. The topological polar surface area (TPSA) is 36.4 Å². The van der Waals surface area contributed by atoms with Crippen molar-refractivity contribution in [3.05, 3.63) is 57.1 Å². The van der Waals surface area contributed by atoms with E-state index >= 15 is 0 Å². The van der Waals surface area contributed by atoms with Gasteiger partial charge in [-0.25, -0.2) is 4.98 Å². The number of nitrogens with zero attached hydrogens (tertiary/aromatic N) is 3. The molecule has 0 aliphatic carbocycles. The fourth-order valence-electron chi connectivity index (χ4n) is 3.81. The van der Waals surface area contributed by atoms with Crippen molar-refractivity contribution in [1.82, 2.24) is 9.88 Å². The van der Waals surface area contributed by atoms with Gasteiger partial charge < -0.3 is 4.90 Å². The van der Waals surface area contributed by atoms with Crippen LogP contribution < -0.4 is 4.90 Å². The number of carbonyl (C=O) groups is 1. The van der Waals surface area contributed by atoms with Gasteiger partial charge in [-0.1, -0.05) is 40.6 Å². The largest absolute Gasteiger partial charge is 0.309 e. The van der Waals surface area contributed by atoms with Gasteiger partial charge in [0.1, 0.15) is 0 Å². The lowest BCUT2D eigenvalue weighted by Crippen LogP contribution is -2.34. The van der Waals surface area contributed by atoms with Crippen molar-refractivity contribution >= 4 is 44.2 Å². The number of aromatic nitrogens is 1. The first-order valence-electron chi connectivity index (χ1n) is 10.2. The second-order valence-electron chi connectivity index (χ2n) is 8.27. The molecule has 0 saturated heterocycles. The third kappa shape index (κ3) is 5.02. The maximum absolute atomic E-state index is 13.5. The molecular weight excluding hydrogens is 414 g/mol. The molecule has 6 heteroatoms. The smallest absolute Gasteiger partial charge is 0.233 e. The Morgan fingerprint density at radius 1 is 1.07 bits per heavy atom. The molecule has 0 unspecified atom stereocenters. The van der Waals surface area contributed by atoms with E-state index < -0.39 is 0 Å². The number of anilines is 1. The van der Waals surface area contributed by atoms with Gasteiger partial charge in [-0.3, -0.25) is 9.69 Å². The fraction of sp³-hybridized carbons (Fsp3) is 0.417. The minimum atomic E-state index is 0.0895. The van der Waals surface area contributed by atoms with Crippen LogP contribution >= 0.6 is 22.9 Å². The first-order valence-corrected chi connectivity index (χ1v) is 11.4. The van der Waals surface area contributed by atoms with E-state index in [9.17, 15) is 4.79 Å². The van der Waals surface area contributed by atoms with Gasteiger partial charge in [0, 0.05) is 11.6 Å². The van der Waals surface area contributed by atoms with Gasteiger partial charge in [0.2, 0.25) is 5.91 Å². The zero-order valence-electron chi connectivity index (χ0n) is 18.7. The van der Waals surface area contributed by atoms with Gasteiger partial charge >= 0.3 is 0 Å². The lowest BCUT2D eigenvalue weighted by molar-refractivity contribution is -0.118. The highest BCUT2D eigenvalue weighted by Crippen LogP contribution is 2.34. The summed E-state index contributed by atoms with van der Waals surface area (Å²) in [4.78, 5) is 22.3. The van der Waals surface area contributed by atoms with E-state index in [4.69, 9.17) is 16.6 Å². The van der Waals surface area contributed by atoms with Gasteiger partial charge in [0.05, 0.1) is 16.6 Å². The van der Waals surface area contributed by atoms with Crippen molar-refractivity contribution in [1.29, 1.82) is 0 Å². The first-order chi connectivity index (χ1) is 14.2. The number of benzene rings is 2. The number of hydrogen-bond acceptors (Lipinski definition) is 4. The molecule has 30 heavy (non-hydrogen) atoms. The third-order valence-electron chi connectivity index (χ3n) is 5.42. The Kier molecular flexibility index (Phi) is 7.17. The Balaban J connectivity index is 1.94. The first kappa shape index (κ1) is 22.7. The molecule has 2 aromatic carbocycles. The van der Waals surface area contributed by atoms with E-state index in [1.165, 1.54) is 16.7 Å². The lowest BCUT2D eigenvalue weighted by Gasteiger charge is -2.22. The minimum absolute atomic E-state index is 0.0895. The lowest BCUT2D eigenvalue weighted by atomic mass is 9.97. The SMILES string of the molecule is Cc1cc(C)c(CC(=O)N(CCCN(C)C)c2nc3c(C)c(Cl)ccc3s2)c(C)c1. The molecule has 4 nitrogen and oxygen atoms in total. The van der Waals surface area contributed by atoms with Crippen LogP contribution in [0.3, 0.4) is 0 Å². The highest BCUT2D eigenvalue weighted by atomic mass is 35.5. The minimum Gasteiger partial charge on any atom is -0.309 e. The van der Waals surface area contributed by atoms with E-state index in [0.717, 1.165) is 39.4 Å². The highest BCUT2D eigenvalue weighted by Gasteiger charge is 2.22. The Bertz CT molecular complexity index is 1050. The van der Waals surface area contributed by atoms with Crippen molar-refractivity contribution in [2.24, 2.45) is 0 Å². The molecule has 0 aliphatic heterocycles. The monoisotopic (exact) mass is 443 g/mol. The quantitative estimate of drug-likeness (QED) is 0.469. The summed E-state index contributed by atoms with van der Waals surface area (Å²) in [5.74, 6) is 0.0895.